The van der Waals surface area contributed by atoms with Crippen LogP contribution in [-0.2, 0) is 7.05 Å². The molecule has 0 aliphatic carbocycles. The fraction of sp³-hybridized carbons (Fsp3) is 0.200. The van der Waals surface area contributed by atoms with E-state index in [1.165, 1.54) is 37.1 Å². The number of ether oxygens (including phenoxy) is 2. The molecule has 2 aromatic carbocycles. The van der Waals surface area contributed by atoms with Crippen molar-refractivity contribution in [3.8, 4) is 22.8 Å². The third-order valence-corrected chi connectivity index (χ3v) is 6.40. The van der Waals surface area contributed by atoms with Crippen molar-refractivity contribution in [3.05, 3.63) is 69.1 Å². The molecule has 0 fully saturated rings. The summed E-state index contributed by atoms with van der Waals surface area (Å²) in [6.45, 7) is 5.47. The Balaban J connectivity index is 1.83. The first-order chi connectivity index (χ1) is 17.7. The molecule has 10 nitrogen and oxygen atoms in total. The molecule has 4 aromatic rings. The molecule has 0 aliphatic rings. The smallest absolute Gasteiger partial charge is 0.278 e. The summed E-state index contributed by atoms with van der Waals surface area (Å²) in [7, 11) is 4.45. The van der Waals surface area contributed by atoms with E-state index in [1.807, 2.05) is 19.1 Å². The Labute approximate surface area is 222 Å². The molecule has 2 heterocycles. The van der Waals surface area contributed by atoms with Crippen molar-refractivity contribution < 1.29 is 14.6 Å². The summed E-state index contributed by atoms with van der Waals surface area (Å²) in [5.74, 6) is 0.783. The summed E-state index contributed by atoms with van der Waals surface area (Å²) in [5, 5.41) is 16.3. The van der Waals surface area contributed by atoms with E-state index in [1.54, 1.807) is 13.1 Å². The van der Waals surface area contributed by atoms with Gasteiger partial charge in [0.1, 0.15) is 28.9 Å². The second-order valence-electron chi connectivity index (χ2n) is 7.96. The average Bonchev–Trinajstić information content (AvgIpc) is 2.89. The van der Waals surface area contributed by atoms with E-state index in [0.29, 0.717) is 16.9 Å². The number of aromatic nitrogens is 4. The Kier molecular flexibility index (Phi) is 7.53. The lowest BCUT2D eigenvalue weighted by Gasteiger charge is -2.18. The summed E-state index contributed by atoms with van der Waals surface area (Å²) in [4.78, 5) is 26.8. The summed E-state index contributed by atoms with van der Waals surface area (Å²) in [6, 6.07) is 7.07. The zero-order valence-corrected chi connectivity index (χ0v) is 22.0. The van der Waals surface area contributed by atoms with E-state index in [2.05, 4.69) is 32.2 Å². The van der Waals surface area contributed by atoms with Crippen molar-refractivity contribution in [2.24, 2.45) is 7.05 Å². The van der Waals surface area contributed by atoms with Crippen molar-refractivity contribution in [1.29, 1.82) is 0 Å². The van der Waals surface area contributed by atoms with E-state index in [-0.39, 0.29) is 44.4 Å². The molecule has 37 heavy (non-hydrogen) atoms. The molecule has 3 N–H and O–H groups in total. The van der Waals surface area contributed by atoms with E-state index in [9.17, 15) is 9.90 Å². The van der Waals surface area contributed by atoms with E-state index in [4.69, 9.17) is 32.7 Å². The van der Waals surface area contributed by atoms with Crippen LogP contribution in [0.5, 0.6) is 11.5 Å². The van der Waals surface area contributed by atoms with Gasteiger partial charge in [-0.15, -0.1) is 0 Å². The number of anilines is 3. The summed E-state index contributed by atoms with van der Waals surface area (Å²) < 4.78 is 12.0. The van der Waals surface area contributed by atoms with Crippen LogP contribution in [0, 0.1) is 6.92 Å². The zero-order chi connectivity index (χ0) is 26.9. The maximum absolute atomic E-state index is 13.4. The van der Waals surface area contributed by atoms with Crippen molar-refractivity contribution in [2.45, 2.75) is 13.2 Å². The van der Waals surface area contributed by atoms with Gasteiger partial charge in [0.2, 0.25) is 5.95 Å². The van der Waals surface area contributed by atoms with Crippen LogP contribution in [0.1, 0.15) is 5.56 Å². The number of hydrogen-bond acceptors (Lipinski definition) is 9. The standard InChI is InChI=1S/C25H24Cl2N6O4/c1-6-17(34)29-13-9-7-8-12(2)21(13)31-25-28-11-14-23(32-25)33(3)24(35)22(30-14)18-19(26)15(36-4)10-16(37-5)20(18)27/h6-11,17,29,34H,1H2,2-5H3,(H,28,31,32). The predicted molar refractivity (Wildman–Crippen MR) is 145 cm³/mol. The number of benzene rings is 2. The van der Waals surface area contributed by atoms with Crippen molar-refractivity contribution in [3.63, 3.8) is 0 Å². The lowest BCUT2D eigenvalue weighted by molar-refractivity contribution is 0.253. The second kappa shape index (κ2) is 10.6. The number of aryl methyl sites for hydroxylation is 2. The number of fused-ring (bicyclic) bond motifs is 1. The Hall–Kier alpha value is -3.86. The van der Waals surface area contributed by atoms with Gasteiger partial charge >= 0.3 is 0 Å². The van der Waals surface area contributed by atoms with Gasteiger partial charge < -0.3 is 25.2 Å². The minimum absolute atomic E-state index is 0.00434. The molecule has 1 unspecified atom stereocenters. The number of nitrogens with zero attached hydrogens (tertiary/aromatic N) is 4. The van der Waals surface area contributed by atoms with E-state index >= 15 is 0 Å². The Morgan fingerprint density at radius 2 is 1.84 bits per heavy atom. The number of halogens is 2. The summed E-state index contributed by atoms with van der Waals surface area (Å²) in [6.07, 6.45) is 1.91. The fourth-order valence-electron chi connectivity index (χ4n) is 3.72. The number of rotatable bonds is 8. The molecule has 192 valence electrons. The maximum Gasteiger partial charge on any atom is 0.278 e. The first-order valence-corrected chi connectivity index (χ1v) is 11.7. The monoisotopic (exact) mass is 542 g/mol. The number of aliphatic hydroxyl groups is 1. The molecule has 4 rings (SSSR count). The second-order valence-corrected chi connectivity index (χ2v) is 8.71. The molecule has 0 aliphatic heterocycles. The minimum Gasteiger partial charge on any atom is -0.495 e. The fourth-order valence-corrected chi connectivity index (χ4v) is 4.40. The third kappa shape index (κ3) is 4.91. The van der Waals surface area contributed by atoms with Crippen LogP contribution >= 0.6 is 23.2 Å². The Morgan fingerprint density at radius 3 is 2.46 bits per heavy atom. The average molecular weight is 543 g/mol. The van der Waals surface area contributed by atoms with Crippen LogP contribution in [0.25, 0.3) is 22.4 Å². The Morgan fingerprint density at radius 1 is 1.16 bits per heavy atom. The van der Waals surface area contributed by atoms with Crippen LogP contribution in [0.4, 0.5) is 17.3 Å². The topological polar surface area (TPSA) is 123 Å². The lowest BCUT2D eigenvalue weighted by Crippen LogP contribution is -2.22. The molecule has 0 saturated carbocycles. The summed E-state index contributed by atoms with van der Waals surface area (Å²) >= 11 is 13.0. The van der Waals surface area contributed by atoms with Gasteiger partial charge in [-0.2, -0.15) is 4.98 Å². The molecule has 12 heteroatoms. The van der Waals surface area contributed by atoms with Crippen LogP contribution in [-0.4, -0.2) is 45.1 Å². The van der Waals surface area contributed by atoms with Gasteiger partial charge in [0, 0.05) is 13.1 Å². The SMILES string of the molecule is C=CC(O)Nc1cccc(C)c1Nc1ncc2nc(-c3c(Cl)c(OC)cc(OC)c3Cl)c(=O)n(C)c2n1. The molecule has 0 spiro atoms. The normalized spacial score (nSPS) is 11.8. The van der Waals surface area contributed by atoms with Crippen molar-refractivity contribution in [1.82, 2.24) is 19.5 Å². The van der Waals surface area contributed by atoms with Crippen molar-refractivity contribution in [2.75, 3.05) is 24.9 Å². The molecule has 0 saturated heterocycles. The van der Waals surface area contributed by atoms with Crippen LogP contribution in [0.3, 0.4) is 0 Å². The molecule has 0 radical (unpaired) electrons. The number of methoxy groups -OCH3 is 2. The maximum atomic E-state index is 13.4. The molecule has 0 bridgehead atoms. The van der Waals surface area contributed by atoms with Crippen LogP contribution < -0.4 is 25.7 Å². The highest BCUT2D eigenvalue weighted by molar-refractivity contribution is 6.41. The van der Waals surface area contributed by atoms with Gasteiger partial charge in [0.05, 0.1) is 47.4 Å². The van der Waals surface area contributed by atoms with Gasteiger partial charge in [0.15, 0.2) is 5.65 Å². The highest BCUT2D eigenvalue weighted by Gasteiger charge is 2.24. The molecular formula is C25H24Cl2N6O4. The number of hydrogen-bond donors (Lipinski definition) is 3. The highest BCUT2D eigenvalue weighted by atomic mass is 35.5. The van der Waals surface area contributed by atoms with E-state index in [0.717, 1.165) is 5.56 Å². The highest BCUT2D eigenvalue weighted by Crippen LogP contribution is 2.44. The number of para-hydroxylation sites is 1. The lowest BCUT2D eigenvalue weighted by atomic mass is 10.1. The van der Waals surface area contributed by atoms with E-state index < -0.39 is 11.8 Å². The Bertz CT molecular complexity index is 1550. The van der Waals surface area contributed by atoms with Gasteiger partial charge in [-0.05, 0) is 24.6 Å². The minimum atomic E-state index is -0.947. The molecule has 0 amide bonds. The molecule has 1 atom stereocenters. The molecule has 2 aromatic heterocycles. The van der Waals surface area contributed by atoms with Gasteiger partial charge in [-0.1, -0.05) is 41.9 Å². The zero-order valence-electron chi connectivity index (χ0n) is 20.5. The van der Waals surface area contributed by atoms with Gasteiger partial charge in [-0.25, -0.2) is 9.97 Å². The number of aliphatic hydroxyl groups excluding tert-OH is 1. The number of nitrogens with one attached hydrogen (secondary N) is 2. The first-order valence-electron chi connectivity index (χ1n) is 11.0. The quantitative estimate of drug-likeness (QED) is 0.215. The first kappa shape index (κ1) is 26.2. The molecular weight excluding hydrogens is 519 g/mol. The third-order valence-electron chi connectivity index (χ3n) is 5.65. The van der Waals surface area contributed by atoms with Gasteiger partial charge in [-0.3, -0.25) is 9.36 Å². The van der Waals surface area contributed by atoms with Crippen LogP contribution in [0.15, 0.2) is 47.9 Å². The summed E-state index contributed by atoms with van der Waals surface area (Å²) in [5.41, 5.74) is 2.46. The largest absolute Gasteiger partial charge is 0.495 e. The van der Waals surface area contributed by atoms with Gasteiger partial charge in [0.25, 0.3) is 5.56 Å². The van der Waals surface area contributed by atoms with Crippen molar-refractivity contribution >= 4 is 51.7 Å². The predicted octanol–water partition coefficient (Wildman–Crippen LogP) is 4.68. The van der Waals surface area contributed by atoms with Crippen LogP contribution in [0.2, 0.25) is 10.0 Å².